The Bertz CT molecular complexity index is 1040. The fourth-order valence-corrected chi connectivity index (χ4v) is 4.62. The summed E-state index contributed by atoms with van der Waals surface area (Å²) in [5.41, 5.74) is 0. The molecule has 0 aliphatic carbocycles. The molecule has 28 heavy (non-hydrogen) atoms. The van der Waals surface area contributed by atoms with E-state index < -0.39 is 53.1 Å². The summed E-state index contributed by atoms with van der Waals surface area (Å²) in [5, 5.41) is 0. The van der Waals surface area contributed by atoms with Crippen molar-refractivity contribution in [3.05, 3.63) is 59.7 Å². The predicted molar refractivity (Wildman–Crippen MR) is 92.3 cm³/mol. The van der Waals surface area contributed by atoms with Gasteiger partial charge in [0.05, 0.1) is 9.79 Å². The Labute approximate surface area is 159 Å². The second-order valence-corrected chi connectivity index (χ2v) is 9.60. The maximum absolute atomic E-state index is 13.2. The molecule has 0 unspecified atom stereocenters. The van der Waals surface area contributed by atoms with Gasteiger partial charge in [0.15, 0.2) is 0 Å². The van der Waals surface area contributed by atoms with Crippen LogP contribution in [-0.4, -0.2) is 41.3 Å². The van der Waals surface area contributed by atoms with Gasteiger partial charge in [-0.1, -0.05) is 0 Å². The molecule has 0 saturated carbocycles. The number of rotatable bonds is 8. The van der Waals surface area contributed by atoms with E-state index in [2.05, 4.69) is 4.72 Å². The van der Waals surface area contributed by atoms with Crippen molar-refractivity contribution in [1.29, 1.82) is 0 Å². The lowest BCUT2D eigenvalue weighted by atomic mass is 10.3. The number of sulfonamides is 2. The normalized spacial score (nSPS) is 12.5. The second kappa shape index (κ2) is 8.55. The lowest BCUT2D eigenvalue weighted by Crippen LogP contribution is -2.31. The van der Waals surface area contributed by atoms with E-state index in [0.29, 0.717) is 36.4 Å². The molecule has 0 fully saturated rings. The smallest absolute Gasteiger partial charge is 0.211 e. The fraction of sp³-hybridized carbons (Fsp3) is 0.250. The van der Waals surface area contributed by atoms with Crippen molar-refractivity contribution < 1.29 is 34.4 Å². The van der Waals surface area contributed by atoms with Crippen LogP contribution in [0.3, 0.4) is 0 Å². The van der Waals surface area contributed by atoms with Gasteiger partial charge in [-0.3, -0.25) is 0 Å². The van der Waals surface area contributed by atoms with E-state index in [9.17, 15) is 34.4 Å². The van der Waals surface area contributed by atoms with Gasteiger partial charge in [-0.05, 0) is 30.7 Å². The number of benzene rings is 2. The van der Waals surface area contributed by atoms with Crippen LogP contribution in [0, 0.1) is 23.3 Å². The molecule has 2 aromatic carbocycles. The van der Waals surface area contributed by atoms with E-state index in [1.54, 1.807) is 0 Å². The maximum atomic E-state index is 13.2. The van der Waals surface area contributed by atoms with Crippen LogP contribution < -0.4 is 4.72 Å². The van der Waals surface area contributed by atoms with Gasteiger partial charge in [0.1, 0.15) is 23.3 Å². The quantitative estimate of drug-likeness (QED) is 0.504. The minimum Gasteiger partial charge on any atom is -0.211 e. The SMILES string of the molecule is CN(CCCNS(=O)(=O)c1cc(F)cc(F)c1)S(=O)(=O)c1cc(F)cc(F)c1. The van der Waals surface area contributed by atoms with Crippen LogP contribution >= 0.6 is 0 Å². The average molecular weight is 440 g/mol. The summed E-state index contributed by atoms with van der Waals surface area (Å²) in [4.78, 5) is -1.19. The average Bonchev–Trinajstić information content (AvgIpc) is 2.56. The zero-order valence-corrected chi connectivity index (χ0v) is 16.1. The number of hydrogen-bond donors (Lipinski definition) is 1. The Kier molecular flexibility index (Phi) is 6.80. The van der Waals surface area contributed by atoms with E-state index in [1.165, 1.54) is 0 Å². The molecule has 0 amide bonds. The second-order valence-electron chi connectivity index (χ2n) is 5.79. The summed E-state index contributed by atoms with van der Waals surface area (Å²) in [6.45, 7) is -0.418. The molecule has 0 heterocycles. The highest BCUT2D eigenvalue weighted by atomic mass is 32.2. The Morgan fingerprint density at radius 2 is 1.21 bits per heavy atom. The van der Waals surface area contributed by atoms with Gasteiger partial charge >= 0.3 is 0 Å². The van der Waals surface area contributed by atoms with Gasteiger partial charge in [0.25, 0.3) is 0 Å². The Morgan fingerprint density at radius 3 is 1.68 bits per heavy atom. The van der Waals surface area contributed by atoms with E-state index in [-0.39, 0.29) is 19.5 Å². The molecule has 2 aromatic rings. The highest BCUT2D eigenvalue weighted by Crippen LogP contribution is 2.18. The molecular weight excluding hydrogens is 424 g/mol. The lowest BCUT2D eigenvalue weighted by Gasteiger charge is -2.17. The van der Waals surface area contributed by atoms with Crippen LogP contribution in [0.5, 0.6) is 0 Å². The van der Waals surface area contributed by atoms with Gasteiger partial charge in [0.2, 0.25) is 20.0 Å². The van der Waals surface area contributed by atoms with Crippen LogP contribution in [0.15, 0.2) is 46.2 Å². The minimum atomic E-state index is -4.20. The third-order valence-electron chi connectivity index (χ3n) is 3.63. The van der Waals surface area contributed by atoms with E-state index in [1.807, 2.05) is 0 Å². The summed E-state index contributed by atoms with van der Waals surface area (Å²) in [6.07, 6.45) is -0.00937. The third-order valence-corrected chi connectivity index (χ3v) is 6.91. The van der Waals surface area contributed by atoms with Crippen LogP contribution in [-0.2, 0) is 20.0 Å². The highest BCUT2D eigenvalue weighted by Gasteiger charge is 2.22. The lowest BCUT2D eigenvalue weighted by molar-refractivity contribution is 0.458. The molecule has 2 rings (SSSR count). The maximum Gasteiger partial charge on any atom is 0.243 e. The van der Waals surface area contributed by atoms with Crippen molar-refractivity contribution >= 4 is 20.0 Å². The summed E-state index contributed by atoms with van der Waals surface area (Å²) < 4.78 is 104. The molecule has 1 N–H and O–H groups in total. The first-order valence-corrected chi connectivity index (χ1v) is 10.7. The molecule has 0 aliphatic heterocycles. The van der Waals surface area contributed by atoms with Crippen molar-refractivity contribution in [2.45, 2.75) is 16.2 Å². The van der Waals surface area contributed by atoms with Crippen LogP contribution in [0.25, 0.3) is 0 Å². The van der Waals surface area contributed by atoms with Gasteiger partial charge in [-0.2, -0.15) is 0 Å². The number of hydrogen-bond acceptors (Lipinski definition) is 4. The van der Waals surface area contributed by atoms with Gasteiger partial charge in [0, 0.05) is 32.3 Å². The number of halogens is 4. The van der Waals surface area contributed by atoms with E-state index in [4.69, 9.17) is 0 Å². The third kappa shape index (κ3) is 5.50. The summed E-state index contributed by atoms with van der Waals surface area (Å²) >= 11 is 0. The first-order chi connectivity index (χ1) is 12.9. The van der Waals surface area contributed by atoms with Crippen LogP contribution in [0.2, 0.25) is 0 Å². The number of nitrogens with zero attached hydrogens (tertiary/aromatic N) is 1. The standard InChI is InChI=1S/C16H16F4N2O4S2/c1-22(28(25,26)16-9-13(19)6-14(20)10-16)4-2-3-21-27(23,24)15-7-11(17)5-12(18)8-15/h5-10,21H,2-4H2,1H3. The summed E-state index contributed by atoms with van der Waals surface area (Å²) in [7, 11) is -7.22. The summed E-state index contributed by atoms with van der Waals surface area (Å²) in [6, 6.07) is 3.66. The monoisotopic (exact) mass is 440 g/mol. The molecule has 0 saturated heterocycles. The molecule has 6 nitrogen and oxygen atoms in total. The molecule has 0 aliphatic rings. The molecule has 0 spiro atoms. The number of nitrogens with one attached hydrogen (secondary N) is 1. The van der Waals surface area contributed by atoms with Gasteiger partial charge in [-0.15, -0.1) is 0 Å². The van der Waals surface area contributed by atoms with Crippen molar-refractivity contribution in [2.24, 2.45) is 0 Å². The van der Waals surface area contributed by atoms with Crippen molar-refractivity contribution in [2.75, 3.05) is 20.1 Å². The Balaban J connectivity index is 1.98. The van der Waals surface area contributed by atoms with Gasteiger partial charge in [-0.25, -0.2) is 43.4 Å². The van der Waals surface area contributed by atoms with Gasteiger partial charge < -0.3 is 0 Å². The zero-order chi connectivity index (χ0) is 21.1. The first kappa shape index (κ1) is 22.3. The molecule has 0 bridgehead atoms. The van der Waals surface area contributed by atoms with Crippen LogP contribution in [0.4, 0.5) is 17.6 Å². The molecule has 0 aromatic heterocycles. The van der Waals surface area contributed by atoms with E-state index >= 15 is 0 Å². The molecule has 0 radical (unpaired) electrons. The molecule has 12 heteroatoms. The molecular formula is C16H16F4N2O4S2. The highest BCUT2D eigenvalue weighted by molar-refractivity contribution is 7.89. The van der Waals surface area contributed by atoms with Crippen molar-refractivity contribution in [3.63, 3.8) is 0 Å². The first-order valence-electron chi connectivity index (χ1n) is 7.80. The molecule has 0 atom stereocenters. The van der Waals surface area contributed by atoms with Crippen LogP contribution in [0.1, 0.15) is 6.42 Å². The zero-order valence-electron chi connectivity index (χ0n) is 14.5. The summed E-state index contributed by atoms with van der Waals surface area (Å²) in [5.74, 6) is -4.23. The Morgan fingerprint density at radius 1 is 0.786 bits per heavy atom. The van der Waals surface area contributed by atoms with E-state index in [0.717, 1.165) is 11.4 Å². The largest absolute Gasteiger partial charge is 0.243 e. The Hall–Kier alpha value is -2.02. The van der Waals surface area contributed by atoms with Crippen molar-refractivity contribution in [1.82, 2.24) is 9.03 Å². The topological polar surface area (TPSA) is 83.6 Å². The van der Waals surface area contributed by atoms with Crippen molar-refractivity contribution in [3.8, 4) is 0 Å². The fourth-order valence-electron chi connectivity index (χ4n) is 2.25. The predicted octanol–water partition coefficient (Wildman–Crippen LogP) is 2.23. The molecule has 154 valence electrons. The minimum absolute atomic E-state index is 0.00937.